The second-order valence-corrected chi connectivity index (χ2v) is 8.65. The van der Waals surface area contributed by atoms with Crippen LogP contribution in [0.3, 0.4) is 0 Å². The van der Waals surface area contributed by atoms with Gasteiger partial charge >= 0.3 is 0 Å². The minimum Gasteiger partial charge on any atom is -0.377 e. The highest BCUT2D eigenvalue weighted by molar-refractivity contribution is 6.08. The summed E-state index contributed by atoms with van der Waals surface area (Å²) in [7, 11) is 0. The maximum Gasteiger partial charge on any atom is 0.250 e. The third-order valence-corrected chi connectivity index (χ3v) is 7.13. The summed E-state index contributed by atoms with van der Waals surface area (Å²) < 4.78 is 2.38. The molecule has 4 heteroatoms. The lowest BCUT2D eigenvalue weighted by atomic mass is 9.76. The number of amides is 1. The van der Waals surface area contributed by atoms with E-state index in [-0.39, 0.29) is 11.9 Å². The zero-order valence-electron chi connectivity index (χ0n) is 17.5. The monoisotopic (exact) mass is 407 g/mol. The zero-order chi connectivity index (χ0) is 21.1. The lowest BCUT2D eigenvalue weighted by molar-refractivity contribution is 0.100. The van der Waals surface area contributed by atoms with Gasteiger partial charge in [0.1, 0.15) is 0 Å². The van der Waals surface area contributed by atoms with Crippen molar-refractivity contribution in [2.75, 3.05) is 5.32 Å². The molecule has 1 amide bonds. The van der Waals surface area contributed by atoms with Crippen LogP contribution in [-0.2, 0) is 6.54 Å². The summed E-state index contributed by atoms with van der Waals surface area (Å²) in [6.45, 7) is 3.13. The van der Waals surface area contributed by atoms with E-state index < -0.39 is 0 Å². The Morgan fingerprint density at radius 2 is 1.90 bits per heavy atom. The van der Waals surface area contributed by atoms with Crippen molar-refractivity contribution >= 4 is 33.4 Å². The van der Waals surface area contributed by atoms with Crippen LogP contribution in [0.5, 0.6) is 0 Å². The Labute approximate surface area is 181 Å². The Kier molecular flexibility index (Phi) is 3.97. The Hall–Kier alpha value is -3.53. The molecule has 3 atom stereocenters. The third kappa shape index (κ3) is 2.57. The summed E-state index contributed by atoms with van der Waals surface area (Å²) in [4.78, 5) is 12.1. The lowest BCUT2D eigenvalue weighted by Gasteiger charge is -2.38. The maximum atomic E-state index is 12.1. The van der Waals surface area contributed by atoms with Crippen LogP contribution < -0.4 is 11.1 Å². The second-order valence-electron chi connectivity index (χ2n) is 8.65. The van der Waals surface area contributed by atoms with Gasteiger partial charge in [0.05, 0.1) is 17.3 Å². The van der Waals surface area contributed by atoms with E-state index in [0.29, 0.717) is 17.4 Å². The molecule has 1 aliphatic carbocycles. The first kappa shape index (κ1) is 18.3. The number of aryl methyl sites for hydroxylation is 1. The van der Waals surface area contributed by atoms with Crippen LogP contribution in [0.2, 0.25) is 0 Å². The average Bonchev–Trinajstić information content (AvgIpc) is 3.41. The van der Waals surface area contributed by atoms with Gasteiger partial charge in [0.15, 0.2) is 0 Å². The molecule has 2 aliphatic rings. The molecule has 2 heterocycles. The largest absolute Gasteiger partial charge is 0.377 e. The quantitative estimate of drug-likeness (QED) is 0.426. The molecule has 6 rings (SSSR count). The van der Waals surface area contributed by atoms with E-state index in [1.54, 1.807) is 0 Å². The molecule has 154 valence electrons. The van der Waals surface area contributed by atoms with Gasteiger partial charge in [0.2, 0.25) is 0 Å². The standard InChI is InChI=1S/C27H25N3O/c1-2-30-23-12-4-3-7-18(23)22-15-16(13-14-24(22)30)25-19-9-5-8-17(19)20-10-6-11-21(27(28)31)26(20)29-25/h3-8,10-15,17,19,25,29H,2,9H2,1H3,(H2,28,31). The van der Waals surface area contributed by atoms with Gasteiger partial charge in [0, 0.05) is 34.3 Å². The molecular weight excluding hydrogens is 382 g/mol. The fourth-order valence-electron chi connectivity index (χ4n) is 5.76. The van der Waals surface area contributed by atoms with Crippen molar-refractivity contribution in [1.29, 1.82) is 0 Å². The fraction of sp³-hybridized carbons (Fsp3) is 0.222. The predicted octanol–water partition coefficient (Wildman–Crippen LogP) is 5.74. The van der Waals surface area contributed by atoms with Gasteiger partial charge in [0.25, 0.3) is 5.91 Å². The van der Waals surface area contributed by atoms with Gasteiger partial charge in [-0.25, -0.2) is 0 Å². The number of hydrogen-bond acceptors (Lipinski definition) is 2. The number of rotatable bonds is 3. The average molecular weight is 408 g/mol. The number of aromatic nitrogens is 1. The topological polar surface area (TPSA) is 60.1 Å². The minimum atomic E-state index is -0.384. The first-order chi connectivity index (χ1) is 15.2. The second kappa shape index (κ2) is 6.74. The zero-order valence-corrected chi connectivity index (χ0v) is 17.5. The van der Waals surface area contributed by atoms with Gasteiger partial charge in [-0.05, 0) is 54.7 Å². The van der Waals surface area contributed by atoms with E-state index in [2.05, 4.69) is 77.5 Å². The highest BCUT2D eigenvalue weighted by atomic mass is 16.1. The molecule has 0 saturated heterocycles. The van der Waals surface area contributed by atoms with E-state index >= 15 is 0 Å². The van der Waals surface area contributed by atoms with E-state index in [4.69, 9.17) is 5.73 Å². The van der Waals surface area contributed by atoms with E-state index in [9.17, 15) is 4.79 Å². The smallest absolute Gasteiger partial charge is 0.250 e. The van der Waals surface area contributed by atoms with Crippen LogP contribution in [0.1, 0.15) is 46.8 Å². The van der Waals surface area contributed by atoms with Crippen LogP contribution in [0.4, 0.5) is 5.69 Å². The summed E-state index contributed by atoms with van der Waals surface area (Å²) in [5.41, 5.74) is 12.2. The number of carbonyl (C=O) groups excluding carboxylic acids is 1. The summed E-state index contributed by atoms with van der Waals surface area (Å²) >= 11 is 0. The van der Waals surface area contributed by atoms with Crippen molar-refractivity contribution in [1.82, 2.24) is 4.57 Å². The number of nitrogens with zero attached hydrogens (tertiary/aromatic N) is 1. The van der Waals surface area contributed by atoms with Gasteiger partial charge in [-0.1, -0.05) is 48.6 Å². The number of carbonyl (C=O) groups is 1. The normalized spacial score (nSPS) is 21.8. The molecular formula is C27H25N3O. The third-order valence-electron chi connectivity index (χ3n) is 7.13. The van der Waals surface area contributed by atoms with Crippen LogP contribution in [-0.4, -0.2) is 10.5 Å². The lowest BCUT2D eigenvalue weighted by Crippen LogP contribution is -2.31. The van der Waals surface area contributed by atoms with Gasteiger partial charge in [-0.2, -0.15) is 0 Å². The number of benzene rings is 3. The number of para-hydroxylation sites is 2. The fourth-order valence-corrected chi connectivity index (χ4v) is 5.76. The van der Waals surface area contributed by atoms with Gasteiger partial charge < -0.3 is 15.6 Å². The number of fused-ring (bicyclic) bond motifs is 6. The summed E-state index contributed by atoms with van der Waals surface area (Å²) in [6.07, 6.45) is 5.60. The van der Waals surface area contributed by atoms with Crippen LogP contribution in [0.15, 0.2) is 72.8 Å². The first-order valence-corrected chi connectivity index (χ1v) is 11.0. The number of allylic oxidation sites excluding steroid dienone is 2. The molecule has 0 spiro atoms. The highest BCUT2D eigenvalue weighted by Crippen LogP contribution is 2.51. The SMILES string of the molecule is CCn1c2ccccc2c2cc(C3Nc4c(C(N)=O)cccc4C4C=CCC43)ccc21. The van der Waals surface area contributed by atoms with Crippen molar-refractivity contribution in [3.8, 4) is 0 Å². The van der Waals surface area contributed by atoms with Gasteiger partial charge in [-0.15, -0.1) is 0 Å². The molecule has 3 unspecified atom stereocenters. The molecule has 0 bridgehead atoms. The van der Waals surface area contributed by atoms with Crippen molar-refractivity contribution in [2.24, 2.45) is 11.7 Å². The summed E-state index contributed by atoms with van der Waals surface area (Å²) in [5.74, 6) is 0.339. The van der Waals surface area contributed by atoms with E-state index in [1.807, 2.05) is 12.1 Å². The number of primary amides is 1. The molecule has 1 aliphatic heterocycles. The highest BCUT2D eigenvalue weighted by Gasteiger charge is 2.39. The summed E-state index contributed by atoms with van der Waals surface area (Å²) in [5, 5.41) is 6.29. The van der Waals surface area contributed by atoms with Crippen LogP contribution in [0.25, 0.3) is 21.8 Å². The van der Waals surface area contributed by atoms with Crippen molar-refractivity contribution in [3.63, 3.8) is 0 Å². The Balaban J connectivity index is 1.53. The molecule has 4 nitrogen and oxygen atoms in total. The van der Waals surface area contributed by atoms with Crippen molar-refractivity contribution in [2.45, 2.75) is 31.8 Å². The number of nitrogens with two attached hydrogens (primary N) is 1. The number of hydrogen-bond donors (Lipinski definition) is 2. The summed E-state index contributed by atoms with van der Waals surface area (Å²) in [6, 6.07) is 21.5. The molecule has 0 radical (unpaired) electrons. The van der Waals surface area contributed by atoms with E-state index in [0.717, 1.165) is 18.7 Å². The predicted molar refractivity (Wildman–Crippen MR) is 126 cm³/mol. The maximum absolute atomic E-state index is 12.1. The van der Waals surface area contributed by atoms with E-state index in [1.165, 1.54) is 32.9 Å². The molecule has 0 saturated carbocycles. The van der Waals surface area contributed by atoms with Gasteiger partial charge in [-0.3, -0.25) is 4.79 Å². The molecule has 3 aromatic carbocycles. The van der Waals surface area contributed by atoms with Crippen LogP contribution >= 0.6 is 0 Å². The Bertz CT molecular complexity index is 1380. The number of nitrogens with one attached hydrogen (secondary N) is 1. The van der Waals surface area contributed by atoms with Crippen LogP contribution in [0, 0.1) is 5.92 Å². The first-order valence-electron chi connectivity index (χ1n) is 11.0. The molecule has 0 fully saturated rings. The molecule has 31 heavy (non-hydrogen) atoms. The molecule has 1 aromatic heterocycles. The molecule has 4 aromatic rings. The minimum absolute atomic E-state index is 0.126. The van der Waals surface area contributed by atoms with Crippen molar-refractivity contribution < 1.29 is 4.79 Å². The molecule has 3 N–H and O–H groups in total. The number of anilines is 1. The van der Waals surface area contributed by atoms with Crippen molar-refractivity contribution in [3.05, 3.63) is 89.5 Å². The Morgan fingerprint density at radius 1 is 1.06 bits per heavy atom. The Morgan fingerprint density at radius 3 is 2.74 bits per heavy atom.